The van der Waals surface area contributed by atoms with Crippen molar-refractivity contribution >= 4 is 57.3 Å². The van der Waals surface area contributed by atoms with Crippen molar-refractivity contribution in [1.82, 2.24) is 0 Å². The summed E-state index contributed by atoms with van der Waals surface area (Å²) in [5, 5.41) is 2.03. The minimum Gasteiger partial charge on any atom is -0.268 e. The van der Waals surface area contributed by atoms with Crippen molar-refractivity contribution < 1.29 is 4.79 Å². The molecular formula is C17H15NOS3. The number of thiophene rings is 1. The fraction of sp³-hybridized carbons (Fsp3) is 0.176. The largest absolute Gasteiger partial charge is 0.270 e. The molecule has 0 bridgehead atoms. The van der Waals surface area contributed by atoms with Crippen LogP contribution in [-0.2, 0) is 4.79 Å². The number of rotatable bonds is 2. The van der Waals surface area contributed by atoms with Gasteiger partial charge >= 0.3 is 0 Å². The molecule has 2 nitrogen and oxygen atoms in total. The predicted octanol–water partition coefficient (Wildman–Crippen LogP) is 5.08. The molecule has 1 aliphatic rings. The van der Waals surface area contributed by atoms with Crippen LogP contribution in [0, 0.1) is 20.8 Å². The number of carbonyl (C=O) groups is 1. The van der Waals surface area contributed by atoms with E-state index in [0.29, 0.717) is 9.23 Å². The number of hydrogen-bond acceptors (Lipinski definition) is 4. The summed E-state index contributed by atoms with van der Waals surface area (Å²) in [6.45, 7) is 6.15. The Kier molecular flexibility index (Phi) is 4.21. The van der Waals surface area contributed by atoms with Crippen LogP contribution in [-0.4, -0.2) is 10.2 Å². The van der Waals surface area contributed by atoms with Crippen molar-refractivity contribution in [1.29, 1.82) is 0 Å². The molecule has 0 unspecified atom stereocenters. The van der Waals surface area contributed by atoms with E-state index < -0.39 is 0 Å². The van der Waals surface area contributed by atoms with Gasteiger partial charge in [-0.05, 0) is 67.1 Å². The number of thiocarbonyl (C=S) groups is 1. The Hall–Kier alpha value is -1.43. The molecule has 3 rings (SSSR count). The standard InChI is InChI=1S/C17H15NOS3/c1-10-4-5-13(8-12(10)3)18-16(19)15(22-17(18)20)9-14-11(2)6-7-21-14/h4-9H,1-3H3. The maximum atomic E-state index is 12.7. The molecule has 5 heteroatoms. The molecule has 2 heterocycles. The van der Waals surface area contributed by atoms with E-state index in [4.69, 9.17) is 12.2 Å². The Morgan fingerprint density at radius 3 is 2.50 bits per heavy atom. The minimum atomic E-state index is -0.0361. The fourth-order valence-electron chi connectivity index (χ4n) is 2.21. The predicted molar refractivity (Wildman–Crippen MR) is 101 cm³/mol. The molecule has 1 aliphatic heterocycles. The van der Waals surface area contributed by atoms with Gasteiger partial charge in [0.05, 0.1) is 10.6 Å². The van der Waals surface area contributed by atoms with E-state index in [-0.39, 0.29) is 5.91 Å². The Morgan fingerprint density at radius 1 is 1.09 bits per heavy atom. The summed E-state index contributed by atoms with van der Waals surface area (Å²) in [4.78, 5) is 16.1. The molecule has 1 aromatic heterocycles. The van der Waals surface area contributed by atoms with Crippen LogP contribution >= 0.6 is 35.3 Å². The zero-order chi connectivity index (χ0) is 15.9. The van der Waals surface area contributed by atoms with Crippen molar-refractivity contribution in [3.8, 4) is 0 Å². The molecule has 0 N–H and O–H groups in total. The topological polar surface area (TPSA) is 20.3 Å². The Balaban J connectivity index is 1.96. The lowest BCUT2D eigenvalue weighted by molar-refractivity contribution is -0.113. The molecule has 1 aromatic carbocycles. The third-order valence-corrected chi connectivity index (χ3v) is 5.97. The van der Waals surface area contributed by atoms with E-state index >= 15 is 0 Å². The van der Waals surface area contributed by atoms with Crippen LogP contribution < -0.4 is 4.90 Å². The minimum absolute atomic E-state index is 0.0361. The summed E-state index contributed by atoms with van der Waals surface area (Å²) in [7, 11) is 0. The normalized spacial score (nSPS) is 16.9. The van der Waals surface area contributed by atoms with Gasteiger partial charge < -0.3 is 0 Å². The molecule has 1 fully saturated rings. The quantitative estimate of drug-likeness (QED) is 0.559. The number of benzene rings is 1. The highest BCUT2D eigenvalue weighted by Crippen LogP contribution is 2.37. The third kappa shape index (κ3) is 2.76. The van der Waals surface area contributed by atoms with Crippen LogP contribution in [0.25, 0.3) is 6.08 Å². The smallest absolute Gasteiger partial charge is 0.268 e. The van der Waals surface area contributed by atoms with Crippen LogP contribution in [0.1, 0.15) is 21.6 Å². The molecule has 0 spiro atoms. The Labute approximate surface area is 143 Å². The molecule has 112 valence electrons. The van der Waals surface area contributed by atoms with Gasteiger partial charge in [-0.1, -0.05) is 30.0 Å². The first kappa shape index (κ1) is 15.5. The monoisotopic (exact) mass is 345 g/mol. The van der Waals surface area contributed by atoms with Crippen LogP contribution in [0.2, 0.25) is 0 Å². The Morgan fingerprint density at radius 2 is 1.86 bits per heavy atom. The lowest BCUT2D eigenvalue weighted by atomic mass is 10.1. The highest BCUT2D eigenvalue weighted by Gasteiger charge is 2.33. The van der Waals surface area contributed by atoms with Crippen LogP contribution in [0.4, 0.5) is 5.69 Å². The third-order valence-electron chi connectivity index (χ3n) is 3.71. The highest BCUT2D eigenvalue weighted by molar-refractivity contribution is 8.27. The summed E-state index contributed by atoms with van der Waals surface area (Å²) in [5.41, 5.74) is 4.39. The summed E-state index contributed by atoms with van der Waals surface area (Å²) >= 11 is 8.42. The molecular weight excluding hydrogens is 330 g/mol. The van der Waals surface area contributed by atoms with Gasteiger partial charge in [0.2, 0.25) is 0 Å². The highest BCUT2D eigenvalue weighted by atomic mass is 32.2. The SMILES string of the molecule is Cc1ccc(N2C(=O)C(=Cc3sccc3C)SC2=S)cc1C. The van der Waals surface area contributed by atoms with Crippen molar-refractivity contribution in [3.63, 3.8) is 0 Å². The average Bonchev–Trinajstić information content (AvgIpc) is 2.99. The van der Waals surface area contributed by atoms with Crippen LogP contribution in [0.15, 0.2) is 34.6 Å². The van der Waals surface area contributed by atoms with Crippen molar-refractivity contribution in [2.45, 2.75) is 20.8 Å². The van der Waals surface area contributed by atoms with E-state index in [2.05, 4.69) is 13.0 Å². The van der Waals surface area contributed by atoms with Gasteiger partial charge in [0.15, 0.2) is 4.32 Å². The van der Waals surface area contributed by atoms with Crippen LogP contribution in [0.3, 0.4) is 0 Å². The summed E-state index contributed by atoms with van der Waals surface area (Å²) in [5.74, 6) is -0.0361. The van der Waals surface area contributed by atoms with Gasteiger partial charge in [-0.2, -0.15) is 0 Å². The van der Waals surface area contributed by atoms with Crippen molar-refractivity contribution in [2.75, 3.05) is 4.90 Å². The first-order valence-corrected chi connectivity index (χ1v) is 8.97. The van der Waals surface area contributed by atoms with Gasteiger partial charge in [-0.25, -0.2) is 0 Å². The molecule has 22 heavy (non-hydrogen) atoms. The summed E-state index contributed by atoms with van der Waals surface area (Å²) in [6.07, 6.45) is 1.94. The van der Waals surface area contributed by atoms with Crippen molar-refractivity contribution in [2.24, 2.45) is 0 Å². The van der Waals surface area contributed by atoms with Crippen molar-refractivity contribution in [3.05, 3.63) is 56.1 Å². The first-order valence-electron chi connectivity index (χ1n) is 6.86. The Bertz CT molecular complexity index is 804. The van der Waals surface area contributed by atoms with E-state index in [1.807, 2.05) is 43.5 Å². The maximum absolute atomic E-state index is 12.7. The van der Waals surface area contributed by atoms with E-state index in [1.54, 1.807) is 16.2 Å². The molecule has 0 saturated carbocycles. The van der Waals surface area contributed by atoms with E-state index in [0.717, 1.165) is 16.1 Å². The van der Waals surface area contributed by atoms with E-state index in [1.165, 1.54) is 22.9 Å². The number of hydrogen-bond donors (Lipinski definition) is 0. The second-order valence-electron chi connectivity index (χ2n) is 5.25. The van der Waals surface area contributed by atoms with Crippen LogP contribution in [0.5, 0.6) is 0 Å². The fourth-order valence-corrected chi connectivity index (χ4v) is 4.42. The van der Waals surface area contributed by atoms with Gasteiger partial charge in [0.1, 0.15) is 0 Å². The molecule has 1 amide bonds. The van der Waals surface area contributed by atoms with Gasteiger partial charge in [0, 0.05) is 4.88 Å². The number of aryl methyl sites for hydroxylation is 3. The average molecular weight is 346 g/mol. The van der Waals surface area contributed by atoms with Gasteiger partial charge in [0.25, 0.3) is 5.91 Å². The zero-order valence-corrected chi connectivity index (χ0v) is 15.0. The lowest BCUT2D eigenvalue weighted by Gasteiger charge is -2.15. The number of anilines is 1. The molecule has 0 atom stereocenters. The number of carbonyl (C=O) groups excluding carboxylic acids is 1. The summed E-state index contributed by atoms with van der Waals surface area (Å²) in [6, 6.07) is 8.04. The maximum Gasteiger partial charge on any atom is 0.270 e. The molecule has 0 radical (unpaired) electrons. The van der Waals surface area contributed by atoms with E-state index in [9.17, 15) is 4.79 Å². The zero-order valence-electron chi connectivity index (χ0n) is 12.5. The summed E-state index contributed by atoms with van der Waals surface area (Å²) < 4.78 is 0.591. The number of nitrogens with zero attached hydrogens (tertiary/aromatic N) is 1. The molecule has 0 aliphatic carbocycles. The second kappa shape index (κ2) is 5.99. The van der Waals surface area contributed by atoms with Gasteiger partial charge in [-0.3, -0.25) is 9.69 Å². The number of thioether (sulfide) groups is 1. The molecule has 1 saturated heterocycles. The van der Waals surface area contributed by atoms with Gasteiger partial charge in [-0.15, -0.1) is 11.3 Å². The lowest BCUT2D eigenvalue weighted by Crippen LogP contribution is -2.27. The first-order chi connectivity index (χ1) is 10.5. The number of amides is 1. The second-order valence-corrected chi connectivity index (χ2v) is 7.88. The molecule has 2 aromatic rings.